The molecule has 1 nitrogen and oxygen atoms in total. The third-order valence-corrected chi connectivity index (χ3v) is 11.8. The summed E-state index contributed by atoms with van der Waals surface area (Å²) in [4.78, 5) is 4.95. The van der Waals surface area contributed by atoms with Gasteiger partial charge in [-0.05, 0) is 108 Å². The van der Waals surface area contributed by atoms with Crippen LogP contribution in [0.5, 0.6) is 0 Å². The van der Waals surface area contributed by atoms with Crippen LogP contribution in [0, 0.1) is 0 Å². The largest absolute Gasteiger partial charge is 0.236 e. The summed E-state index contributed by atoms with van der Waals surface area (Å²) >= 11 is 1.75. The summed E-state index contributed by atoms with van der Waals surface area (Å²) in [5, 5.41) is 6.15. The van der Waals surface area contributed by atoms with E-state index in [0.29, 0.717) is 0 Å². The molecule has 10 rings (SSSR count). The van der Waals surface area contributed by atoms with E-state index < -0.39 is 0 Å². The molecule has 0 fully saturated rings. The topological polar surface area (TPSA) is 12.9 Å². The number of thiazole rings is 1. The zero-order valence-electron chi connectivity index (χ0n) is 27.9. The van der Waals surface area contributed by atoms with Crippen LogP contribution in [0.3, 0.4) is 0 Å². The van der Waals surface area contributed by atoms with Gasteiger partial charge in [0.2, 0.25) is 0 Å². The van der Waals surface area contributed by atoms with E-state index >= 15 is 0 Å². The minimum Gasteiger partial charge on any atom is -0.236 e. The molecule has 0 bridgehead atoms. The van der Waals surface area contributed by atoms with Crippen molar-refractivity contribution in [2.75, 3.05) is 0 Å². The molecule has 0 unspecified atom stereocenters. The molecule has 1 aromatic heterocycles. The standard InChI is InChI=1S/C48H33NS/c1-48(2)41-20-9-8-17-35(41)38-28-39-40(29-42(38)48)46(34-16-12-15-33(27-34)30-13-4-3-5-14-30)37-19-7-6-18-36(37)45(39)31-23-25-32(26-24-31)47-49-43-21-10-11-22-44(43)50-47/h3-29H,1-2H3. The number of hydrogen-bond acceptors (Lipinski definition) is 2. The van der Waals surface area contributed by atoms with Gasteiger partial charge in [-0.25, -0.2) is 4.98 Å². The number of nitrogens with zero attached hydrogens (tertiary/aromatic N) is 1. The molecular formula is C48H33NS. The molecule has 0 amide bonds. The molecule has 0 spiro atoms. The van der Waals surface area contributed by atoms with Gasteiger partial charge in [-0.15, -0.1) is 11.3 Å². The second-order valence-electron chi connectivity index (χ2n) is 13.9. The molecule has 236 valence electrons. The Labute approximate surface area is 296 Å². The van der Waals surface area contributed by atoms with E-state index in [1.54, 1.807) is 11.3 Å². The predicted molar refractivity (Wildman–Crippen MR) is 214 cm³/mol. The molecule has 0 atom stereocenters. The van der Waals surface area contributed by atoms with Crippen molar-refractivity contribution in [2.24, 2.45) is 0 Å². The van der Waals surface area contributed by atoms with Crippen LogP contribution in [0.4, 0.5) is 0 Å². The zero-order chi connectivity index (χ0) is 33.4. The monoisotopic (exact) mass is 655 g/mol. The molecule has 50 heavy (non-hydrogen) atoms. The van der Waals surface area contributed by atoms with E-state index in [1.165, 1.54) is 81.9 Å². The SMILES string of the molecule is CC1(C)c2ccccc2-c2cc3c(-c4ccc(-c5nc6ccccc6s5)cc4)c4ccccc4c(-c4cccc(-c5ccccc5)c4)c3cc21. The Kier molecular flexibility index (Phi) is 6.46. The van der Waals surface area contributed by atoms with Crippen LogP contribution in [0.25, 0.3) is 86.8 Å². The summed E-state index contributed by atoms with van der Waals surface area (Å²) in [6, 6.07) is 60.2. The van der Waals surface area contributed by atoms with Gasteiger partial charge in [0.1, 0.15) is 5.01 Å². The predicted octanol–water partition coefficient (Wildman–Crippen LogP) is 13.6. The molecule has 0 radical (unpaired) electrons. The van der Waals surface area contributed by atoms with Crippen LogP contribution in [0.2, 0.25) is 0 Å². The summed E-state index contributed by atoms with van der Waals surface area (Å²) in [5.41, 5.74) is 15.0. The zero-order valence-corrected chi connectivity index (χ0v) is 28.8. The highest BCUT2D eigenvalue weighted by Gasteiger charge is 2.36. The molecule has 1 aliphatic carbocycles. The van der Waals surface area contributed by atoms with E-state index in [-0.39, 0.29) is 5.41 Å². The first kappa shape index (κ1) is 29.1. The average molecular weight is 656 g/mol. The van der Waals surface area contributed by atoms with Crippen molar-refractivity contribution in [1.82, 2.24) is 4.98 Å². The Morgan fingerprint density at radius 2 is 1.04 bits per heavy atom. The van der Waals surface area contributed by atoms with Gasteiger partial charge in [-0.2, -0.15) is 0 Å². The molecule has 0 saturated heterocycles. The van der Waals surface area contributed by atoms with Crippen LogP contribution >= 0.6 is 11.3 Å². The number of hydrogen-bond donors (Lipinski definition) is 0. The Morgan fingerprint density at radius 1 is 0.420 bits per heavy atom. The van der Waals surface area contributed by atoms with Gasteiger partial charge in [0.15, 0.2) is 0 Å². The van der Waals surface area contributed by atoms with Crippen molar-refractivity contribution in [1.29, 1.82) is 0 Å². The Balaban J connectivity index is 1.26. The molecule has 0 saturated carbocycles. The van der Waals surface area contributed by atoms with Gasteiger partial charge in [-0.3, -0.25) is 0 Å². The van der Waals surface area contributed by atoms with Gasteiger partial charge in [0.05, 0.1) is 10.2 Å². The van der Waals surface area contributed by atoms with E-state index in [2.05, 4.69) is 178 Å². The van der Waals surface area contributed by atoms with Crippen LogP contribution in [-0.2, 0) is 5.41 Å². The molecule has 2 heteroatoms. The highest BCUT2D eigenvalue weighted by molar-refractivity contribution is 7.21. The number of benzene rings is 8. The fourth-order valence-corrected chi connectivity index (χ4v) is 9.22. The molecule has 9 aromatic rings. The Morgan fingerprint density at radius 3 is 1.84 bits per heavy atom. The molecule has 0 N–H and O–H groups in total. The second kappa shape index (κ2) is 11.1. The average Bonchev–Trinajstić information content (AvgIpc) is 3.70. The molecule has 1 heterocycles. The molecule has 8 aromatic carbocycles. The maximum Gasteiger partial charge on any atom is 0.124 e. The van der Waals surface area contributed by atoms with Crippen molar-refractivity contribution in [2.45, 2.75) is 19.3 Å². The number of para-hydroxylation sites is 1. The molecular weight excluding hydrogens is 623 g/mol. The smallest absolute Gasteiger partial charge is 0.124 e. The van der Waals surface area contributed by atoms with E-state index in [4.69, 9.17) is 4.98 Å². The fourth-order valence-electron chi connectivity index (χ4n) is 8.25. The van der Waals surface area contributed by atoms with Gasteiger partial charge in [-0.1, -0.05) is 147 Å². The highest BCUT2D eigenvalue weighted by Crippen LogP contribution is 2.53. The number of aromatic nitrogens is 1. The van der Waals surface area contributed by atoms with Gasteiger partial charge in [0.25, 0.3) is 0 Å². The Bertz CT molecular complexity index is 2740. The van der Waals surface area contributed by atoms with Crippen molar-refractivity contribution < 1.29 is 0 Å². The minimum atomic E-state index is -0.103. The molecule has 1 aliphatic rings. The lowest BCUT2D eigenvalue weighted by molar-refractivity contribution is 0.661. The van der Waals surface area contributed by atoms with Crippen LogP contribution in [0.15, 0.2) is 164 Å². The maximum atomic E-state index is 4.95. The first-order chi connectivity index (χ1) is 24.5. The quantitative estimate of drug-likeness (QED) is 0.172. The van der Waals surface area contributed by atoms with Gasteiger partial charge < -0.3 is 0 Å². The third-order valence-electron chi connectivity index (χ3n) is 10.7. The fraction of sp³-hybridized carbons (Fsp3) is 0.0625. The van der Waals surface area contributed by atoms with Gasteiger partial charge in [0, 0.05) is 11.0 Å². The minimum absolute atomic E-state index is 0.103. The van der Waals surface area contributed by atoms with Crippen LogP contribution in [-0.4, -0.2) is 4.98 Å². The van der Waals surface area contributed by atoms with Crippen molar-refractivity contribution in [3.05, 3.63) is 175 Å². The first-order valence-electron chi connectivity index (χ1n) is 17.3. The third kappa shape index (κ3) is 4.42. The normalized spacial score (nSPS) is 13.2. The lowest BCUT2D eigenvalue weighted by atomic mass is 9.79. The van der Waals surface area contributed by atoms with Gasteiger partial charge >= 0.3 is 0 Å². The lowest BCUT2D eigenvalue weighted by Crippen LogP contribution is -2.14. The van der Waals surface area contributed by atoms with Crippen molar-refractivity contribution in [3.8, 4) is 55.1 Å². The van der Waals surface area contributed by atoms with Crippen molar-refractivity contribution in [3.63, 3.8) is 0 Å². The highest BCUT2D eigenvalue weighted by atomic mass is 32.1. The first-order valence-corrected chi connectivity index (χ1v) is 18.1. The van der Waals surface area contributed by atoms with Crippen LogP contribution < -0.4 is 0 Å². The van der Waals surface area contributed by atoms with E-state index in [0.717, 1.165) is 16.1 Å². The summed E-state index contributed by atoms with van der Waals surface area (Å²) in [5.74, 6) is 0. The van der Waals surface area contributed by atoms with Crippen LogP contribution in [0.1, 0.15) is 25.0 Å². The summed E-state index contributed by atoms with van der Waals surface area (Å²) < 4.78 is 1.22. The summed E-state index contributed by atoms with van der Waals surface area (Å²) in [6.45, 7) is 4.75. The Hall–Kier alpha value is -5.83. The number of rotatable bonds is 4. The van der Waals surface area contributed by atoms with E-state index in [9.17, 15) is 0 Å². The molecule has 0 aliphatic heterocycles. The summed E-state index contributed by atoms with van der Waals surface area (Å²) in [6.07, 6.45) is 0. The number of fused-ring (bicyclic) bond motifs is 6. The lowest BCUT2D eigenvalue weighted by Gasteiger charge is -2.24. The maximum absolute atomic E-state index is 4.95. The summed E-state index contributed by atoms with van der Waals surface area (Å²) in [7, 11) is 0. The van der Waals surface area contributed by atoms with Crippen molar-refractivity contribution >= 4 is 43.1 Å². The second-order valence-corrected chi connectivity index (χ2v) is 15.0. The van der Waals surface area contributed by atoms with E-state index in [1.807, 2.05) is 0 Å².